The number of aromatic carboxylic acids is 1. The number of anilines is 2. The number of nitrogens with one attached hydrogen (secondary N) is 5. The monoisotopic (exact) mass is 949 g/mol. The van der Waals surface area contributed by atoms with Crippen molar-refractivity contribution >= 4 is 93.9 Å². The summed E-state index contributed by atoms with van der Waals surface area (Å²) in [6, 6.07) is 12.3. The SMILES string of the molecule is CCN(CC)c1ccc2c(-c3ccc(NC(=S)N[C@@H](CCCN=C(N)N)C(=O)NCC(=O)N[C@@H](CC(=O)O)C(=O)N[C@@H](CS)C(=O)O)cc3C(=O)O)c3ccc(=[N+](CC)CC)cc-3oc2c1. The van der Waals surface area contributed by atoms with Crippen LogP contribution in [0.15, 0.2) is 64.0 Å². The second-order valence-electron chi connectivity index (χ2n) is 14.9. The molecule has 22 heteroatoms. The zero-order valence-corrected chi connectivity index (χ0v) is 38.8. The molecule has 0 bridgehead atoms. The minimum absolute atomic E-state index is 0.0474. The molecule has 2 aromatic rings. The van der Waals surface area contributed by atoms with Crippen molar-refractivity contribution in [2.75, 3.05) is 55.2 Å². The standard InChI is InChI=1S/C44H56N10O10S2/c1-5-53(6-2)25-12-15-28-34(19-25)64-35-20-26(54(7-3)8-4)13-16-29(35)38(28)27-14-11-24(18-30(27)41(60)61)49-44(66)52-31(10-9-17-47-43(45)46)39(58)48-22-36(55)50-32(21-37(56)57)40(59)51-33(23-65)42(62)63/h11-16,18-20,31-33H,5-10,17,21-23H2,1-4H3,(H12,45,46,47,48,50,51,52,55,56,57,58,59,60,61,62,63,65,66)/p+1/t31-,32-,33-/m0/s1. The molecule has 0 unspecified atom stereocenters. The number of thiocarbonyl (C=S) groups is 1. The lowest BCUT2D eigenvalue weighted by atomic mass is 9.90. The molecule has 1 aliphatic carbocycles. The summed E-state index contributed by atoms with van der Waals surface area (Å²) in [7, 11) is 0. The van der Waals surface area contributed by atoms with Crippen LogP contribution in [0.25, 0.3) is 33.4 Å². The highest BCUT2D eigenvalue weighted by Gasteiger charge is 2.29. The van der Waals surface area contributed by atoms with E-state index in [4.69, 9.17) is 28.1 Å². The topological polar surface area (TPSA) is 307 Å². The van der Waals surface area contributed by atoms with Gasteiger partial charge in [-0.25, -0.2) is 14.2 Å². The van der Waals surface area contributed by atoms with Gasteiger partial charge >= 0.3 is 17.9 Å². The first-order valence-corrected chi connectivity index (χ1v) is 22.3. The molecule has 2 aromatic carbocycles. The molecule has 0 saturated heterocycles. The third-order valence-corrected chi connectivity index (χ3v) is 11.1. The fourth-order valence-corrected chi connectivity index (χ4v) is 7.73. The Hall–Kier alpha value is -6.94. The minimum Gasteiger partial charge on any atom is -0.481 e. The number of carbonyl (C=O) groups is 6. The maximum absolute atomic E-state index is 13.5. The highest BCUT2D eigenvalue weighted by atomic mass is 32.1. The van der Waals surface area contributed by atoms with Crippen molar-refractivity contribution in [2.45, 2.75) is 65.1 Å². The van der Waals surface area contributed by atoms with E-state index in [0.29, 0.717) is 33.4 Å². The van der Waals surface area contributed by atoms with E-state index in [2.05, 4.69) is 81.4 Å². The Bertz CT molecular complexity index is 2520. The van der Waals surface area contributed by atoms with Crippen LogP contribution in [-0.2, 0) is 24.0 Å². The van der Waals surface area contributed by atoms with Crippen LogP contribution in [0.5, 0.6) is 0 Å². The van der Waals surface area contributed by atoms with E-state index >= 15 is 0 Å². The number of nitrogens with zero attached hydrogens (tertiary/aromatic N) is 3. The van der Waals surface area contributed by atoms with Crippen molar-refractivity contribution in [3.8, 4) is 22.5 Å². The Labute approximate surface area is 391 Å². The number of nitrogens with two attached hydrogens (primary N) is 2. The first kappa shape index (κ1) is 51.7. The van der Waals surface area contributed by atoms with Gasteiger partial charge in [-0.15, -0.1) is 0 Å². The van der Waals surface area contributed by atoms with Gasteiger partial charge in [-0.1, -0.05) is 6.07 Å². The van der Waals surface area contributed by atoms with E-state index in [1.165, 1.54) is 6.07 Å². The van der Waals surface area contributed by atoms with Gasteiger partial charge in [0.15, 0.2) is 11.1 Å². The summed E-state index contributed by atoms with van der Waals surface area (Å²) >= 11 is 9.45. The molecule has 4 rings (SSSR count). The molecule has 354 valence electrons. The van der Waals surface area contributed by atoms with Gasteiger partial charge in [0, 0.05) is 65.4 Å². The van der Waals surface area contributed by atoms with Crippen LogP contribution < -0.4 is 52.9 Å². The number of aliphatic imine (C=N–C) groups is 1. The van der Waals surface area contributed by atoms with Gasteiger partial charge < -0.3 is 62.7 Å². The lowest BCUT2D eigenvalue weighted by molar-refractivity contribution is -0.143. The average Bonchev–Trinajstić information content (AvgIpc) is 3.27. The van der Waals surface area contributed by atoms with Crippen molar-refractivity contribution in [1.29, 1.82) is 0 Å². The number of hydrogen-bond donors (Lipinski definition) is 11. The van der Waals surface area contributed by atoms with Gasteiger partial charge in [0.2, 0.25) is 23.1 Å². The number of guanidine groups is 1. The molecule has 0 aromatic heterocycles. The summed E-state index contributed by atoms with van der Waals surface area (Å²) in [4.78, 5) is 81.0. The quantitative estimate of drug-likeness (QED) is 0.00962. The first-order chi connectivity index (χ1) is 31.4. The molecule has 2 aliphatic rings. The first-order valence-electron chi connectivity index (χ1n) is 21.2. The summed E-state index contributed by atoms with van der Waals surface area (Å²) in [6.07, 6.45) is -0.529. The Morgan fingerprint density at radius 3 is 2.15 bits per heavy atom. The lowest BCUT2D eigenvalue weighted by Crippen LogP contribution is -2.55. The van der Waals surface area contributed by atoms with E-state index < -0.39 is 66.7 Å². The fourth-order valence-electron chi connectivity index (χ4n) is 7.22. The Kier molecular flexibility index (Phi) is 19.1. The van der Waals surface area contributed by atoms with E-state index in [0.717, 1.165) is 37.2 Å². The molecule has 0 saturated carbocycles. The van der Waals surface area contributed by atoms with Crippen molar-refractivity contribution in [2.24, 2.45) is 16.5 Å². The van der Waals surface area contributed by atoms with E-state index in [1.54, 1.807) is 12.1 Å². The van der Waals surface area contributed by atoms with Crippen LogP contribution in [0.4, 0.5) is 11.4 Å². The molecule has 0 spiro atoms. The summed E-state index contributed by atoms with van der Waals surface area (Å²) in [5.74, 6) is -6.75. The third-order valence-electron chi connectivity index (χ3n) is 10.5. The predicted molar refractivity (Wildman–Crippen MR) is 259 cm³/mol. The summed E-state index contributed by atoms with van der Waals surface area (Å²) < 4.78 is 8.76. The van der Waals surface area contributed by atoms with Gasteiger partial charge in [-0.3, -0.25) is 24.2 Å². The average molecular weight is 950 g/mol. The lowest BCUT2D eigenvalue weighted by Gasteiger charge is -2.23. The molecule has 12 N–H and O–H groups in total. The molecule has 20 nitrogen and oxygen atoms in total. The van der Waals surface area contributed by atoms with Crippen molar-refractivity contribution in [1.82, 2.24) is 25.8 Å². The minimum atomic E-state index is -1.67. The van der Waals surface area contributed by atoms with Gasteiger partial charge in [0.25, 0.3) is 0 Å². The van der Waals surface area contributed by atoms with E-state index in [9.17, 15) is 44.1 Å². The number of amides is 3. The number of aliphatic carboxylic acids is 2. The van der Waals surface area contributed by atoms with Crippen LogP contribution >= 0.6 is 24.8 Å². The highest BCUT2D eigenvalue weighted by molar-refractivity contribution is 7.80. The largest absolute Gasteiger partial charge is 0.481 e. The second kappa shape index (κ2) is 24.4. The van der Waals surface area contributed by atoms with Gasteiger partial charge in [0.05, 0.1) is 24.6 Å². The number of carboxylic acid groups (broad SMARTS) is 3. The number of hydrogen-bond acceptors (Lipinski definition) is 11. The van der Waals surface area contributed by atoms with Crippen LogP contribution in [0.3, 0.4) is 0 Å². The van der Waals surface area contributed by atoms with E-state index in [1.807, 2.05) is 36.4 Å². The fraction of sp³-hybridized carbons (Fsp3) is 0.386. The summed E-state index contributed by atoms with van der Waals surface area (Å²) in [5, 5.41) is 43.4. The number of thiol groups is 1. The zero-order valence-electron chi connectivity index (χ0n) is 37.1. The van der Waals surface area contributed by atoms with E-state index in [-0.39, 0.29) is 47.5 Å². The smallest absolute Gasteiger partial charge is 0.336 e. The number of benzene rings is 3. The number of fused-ring (bicyclic) bond motifs is 2. The molecule has 0 radical (unpaired) electrons. The van der Waals surface area contributed by atoms with Gasteiger partial charge in [-0.05, 0) is 88.6 Å². The predicted octanol–water partition coefficient (Wildman–Crippen LogP) is 1.84. The van der Waals surface area contributed by atoms with Crippen LogP contribution in [-0.4, -0.2) is 125 Å². The van der Waals surface area contributed by atoms with Gasteiger partial charge in [0.1, 0.15) is 42.6 Å². The Morgan fingerprint density at radius 2 is 1.55 bits per heavy atom. The molecule has 3 atom stereocenters. The number of rotatable bonds is 23. The molecule has 0 fully saturated rings. The summed E-state index contributed by atoms with van der Waals surface area (Å²) in [5.41, 5.74) is 14.5. The molecule has 1 heterocycles. The molecular formula is C44H57N10O10S2+. The van der Waals surface area contributed by atoms with Crippen molar-refractivity contribution < 1.29 is 48.5 Å². The Balaban J connectivity index is 1.63. The molecular weight excluding hydrogens is 893 g/mol. The van der Waals surface area contributed by atoms with Crippen molar-refractivity contribution in [3.05, 3.63) is 65.5 Å². The highest BCUT2D eigenvalue weighted by Crippen LogP contribution is 2.42. The summed E-state index contributed by atoms with van der Waals surface area (Å²) in [6.45, 7) is 10.8. The molecule has 3 amide bonds. The maximum Gasteiger partial charge on any atom is 0.336 e. The van der Waals surface area contributed by atoms with Crippen LogP contribution in [0.2, 0.25) is 0 Å². The number of carbonyl (C=O) groups excluding carboxylic acids is 3. The van der Waals surface area contributed by atoms with Crippen LogP contribution in [0.1, 0.15) is 57.3 Å². The van der Waals surface area contributed by atoms with Gasteiger partial charge in [-0.2, -0.15) is 12.6 Å². The maximum atomic E-state index is 13.5. The molecule has 66 heavy (non-hydrogen) atoms. The Morgan fingerprint density at radius 1 is 0.848 bits per heavy atom. The second-order valence-corrected chi connectivity index (χ2v) is 15.6. The van der Waals surface area contributed by atoms with Crippen molar-refractivity contribution in [3.63, 3.8) is 0 Å². The third kappa shape index (κ3) is 13.8. The normalized spacial score (nSPS) is 12.3. The number of carboxylic acids is 3. The van der Waals surface area contributed by atoms with Crippen LogP contribution in [0, 0.1) is 0 Å². The molecule has 1 aliphatic heterocycles. The zero-order chi connectivity index (χ0) is 48.7.